The van der Waals surface area contributed by atoms with Crippen molar-refractivity contribution in [2.24, 2.45) is 11.7 Å². The van der Waals surface area contributed by atoms with Gasteiger partial charge in [-0.2, -0.15) is 0 Å². The van der Waals surface area contributed by atoms with E-state index < -0.39 is 21.5 Å². The van der Waals surface area contributed by atoms with Crippen LogP contribution in [0.3, 0.4) is 0 Å². The van der Waals surface area contributed by atoms with Crippen molar-refractivity contribution in [2.75, 3.05) is 11.4 Å². The summed E-state index contributed by atoms with van der Waals surface area (Å²) >= 11 is 6.78. The number of amides is 1. The van der Waals surface area contributed by atoms with Crippen LogP contribution in [0, 0.1) is 5.92 Å². The van der Waals surface area contributed by atoms with Crippen molar-refractivity contribution >= 4 is 38.8 Å². The van der Waals surface area contributed by atoms with E-state index in [4.69, 9.17) is 17.3 Å². The second kappa shape index (κ2) is 8.56. The summed E-state index contributed by atoms with van der Waals surface area (Å²) in [6, 6.07) is 8.81. The highest BCUT2D eigenvalue weighted by Crippen LogP contribution is 2.51. The summed E-state index contributed by atoms with van der Waals surface area (Å²) in [6.45, 7) is 7.07. The number of halogens is 1. The standard InChI is InChI=1S/C26H29ClN2O4S/c1-5-34(32,33)29(4)22-8-6-7-19(24(22)27)18-11-12-20(25(28)30)21-14-15-13-16(26(2,3)31)9-10-17(15)23(18)21/h5-8,11-12,16,31H,1,9-10,13-14H2,2-4H3,(H2,28,30). The number of allylic oxidation sites excluding steroid dienone is 2. The van der Waals surface area contributed by atoms with E-state index in [0.717, 1.165) is 45.7 Å². The van der Waals surface area contributed by atoms with Crippen molar-refractivity contribution < 1.29 is 18.3 Å². The summed E-state index contributed by atoms with van der Waals surface area (Å²) in [6.07, 6.45) is 2.95. The molecule has 8 heteroatoms. The van der Waals surface area contributed by atoms with Crippen molar-refractivity contribution in [1.29, 1.82) is 0 Å². The molecule has 0 heterocycles. The molecule has 0 saturated heterocycles. The minimum Gasteiger partial charge on any atom is -0.390 e. The number of carbonyl (C=O) groups is 1. The first-order valence-electron chi connectivity index (χ1n) is 11.2. The lowest BCUT2D eigenvalue weighted by Gasteiger charge is -2.33. The first kappa shape index (κ1) is 24.5. The molecule has 2 aliphatic carbocycles. The first-order chi connectivity index (χ1) is 15.9. The lowest BCUT2D eigenvalue weighted by atomic mass is 9.76. The van der Waals surface area contributed by atoms with Gasteiger partial charge in [0.05, 0.1) is 16.3 Å². The molecule has 0 radical (unpaired) electrons. The zero-order valence-corrected chi connectivity index (χ0v) is 21.1. The molecule has 3 N–H and O–H groups in total. The van der Waals surface area contributed by atoms with Gasteiger partial charge in [-0.25, -0.2) is 8.42 Å². The van der Waals surface area contributed by atoms with Gasteiger partial charge < -0.3 is 10.8 Å². The van der Waals surface area contributed by atoms with Crippen LogP contribution in [0.15, 0.2) is 47.9 Å². The molecule has 4 rings (SSSR count). The van der Waals surface area contributed by atoms with E-state index in [1.54, 1.807) is 18.2 Å². The maximum Gasteiger partial charge on any atom is 0.256 e. The summed E-state index contributed by atoms with van der Waals surface area (Å²) < 4.78 is 25.9. The SMILES string of the molecule is C=CS(=O)(=O)N(C)c1cccc(-c2ccc(C(N)=O)c3c2C2=C(C3)CC(C(C)(C)O)CC2)c1Cl. The number of sulfonamides is 1. The number of nitrogens with zero attached hydrogens (tertiary/aromatic N) is 1. The maximum atomic E-state index is 12.4. The smallest absolute Gasteiger partial charge is 0.256 e. The second-order valence-electron chi connectivity index (χ2n) is 9.55. The first-order valence-corrected chi connectivity index (χ1v) is 13.0. The highest BCUT2D eigenvalue weighted by Gasteiger charge is 2.37. The van der Waals surface area contributed by atoms with E-state index >= 15 is 0 Å². The number of benzene rings is 2. The lowest BCUT2D eigenvalue weighted by Crippen LogP contribution is -2.32. The molecule has 1 unspecified atom stereocenters. The van der Waals surface area contributed by atoms with Gasteiger partial charge in [-0.1, -0.05) is 42.0 Å². The fourth-order valence-electron chi connectivity index (χ4n) is 5.17. The van der Waals surface area contributed by atoms with Crippen molar-refractivity contribution in [1.82, 2.24) is 0 Å². The van der Waals surface area contributed by atoms with Gasteiger partial charge in [0, 0.05) is 23.6 Å². The van der Waals surface area contributed by atoms with Crippen LogP contribution in [0.2, 0.25) is 5.02 Å². The Kier molecular flexibility index (Phi) is 6.17. The minimum absolute atomic E-state index is 0.130. The molecule has 1 amide bonds. The van der Waals surface area contributed by atoms with Gasteiger partial charge in [0.15, 0.2) is 0 Å². The predicted molar refractivity (Wildman–Crippen MR) is 137 cm³/mol. The molecule has 0 fully saturated rings. The van der Waals surface area contributed by atoms with Gasteiger partial charge in [-0.15, -0.1) is 0 Å². The van der Waals surface area contributed by atoms with E-state index in [1.165, 1.54) is 18.2 Å². The van der Waals surface area contributed by atoms with Crippen LogP contribution in [0.4, 0.5) is 5.69 Å². The maximum absolute atomic E-state index is 12.4. The van der Waals surface area contributed by atoms with Crippen LogP contribution >= 0.6 is 11.6 Å². The number of primary amides is 1. The fourth-order valence-corrected chi connectivity index (χ4v) is 6.22. The number of aliphatic hydroxyl groups is 1. The molecule has 0 saturated carbocycles. The average Bonchev–Trinajstić information content (AvgIpc) is 3.16. The van der Waals surface area contributed by atoms with Crippen LogP contribution in [0.25, 0.3) is 16.7 Å². The summed E-state index contributed by atoms with van der Waals surface area (Å²) in [7, 11) is -2.29. The molecular weight excluding hydrogens is 472 g/mol. The monoisotopic (exact) mass is 500 g/mol. The summed E-state index contributed by atoms with van der Waals surface area (Å²) in [5, 5.41) is 11.8. The Balaban J connectivity index is 1.90. The summed E-state index contributed by atoms with van der Waals surface area (Å²) in [4.78, 5) is 12.2. The van der Waals surface area contributed by atoms with Crippen molar-refractivity contribution in [3.63, 3.8) is 0 Å². The minimum atomic E-state index is -3.72. The molecule has 6 nitrogen and oxygen atoms in total. The van der Waals surface area contributed by atoms with Gasteiger partial charge in [0.2, 0.25) is 5.91 Å². The van der Waals surface area contributed by atoms with Gasteiger partial charge in [0.1, 0.15) is 0 Å². The molecular formula is C26H29ClN2O4S. The number of hydrogen-bond acceptors (Lipinski definition) is 4. The molecule has 0 aliphatic heterocycles. The molecule has 0 bridgehead atoms. The Hall–Kier alpha value is -2.61. The van der Waals surface area contributed by atoms with E-state index in [2.05, 4.69) is 6.58 Å². The van der Waals surface area contributed by atoms with Gasteiger partial charge >= 0.3 is 0 Å². The van der Waals surface area contributed by atoms with E-state index in [0.29, 0.717) is 28.3 Å². The lowest BCUT2D eigenvalue weighted by molar-refractivity contribution is 0.0123. The average molecular weight is 501 g/mol. The highest BCUT2D eigenvalue weighted by atomic mass is 35.5. The van der Waals surface area contributed by atoms with Gasteiger partial charge in [-0.05, 0) is 79.8 Å². The Morgan fingerprint density at radius 2 is 1.97 bits per heavy atom. The molecule has 2 aromatic rings. The fraction of sp³-hybridized carbons (Fsp3) is 0.346. The number of anilines is 1. The predicted octanol–water partition coefficient (Wildman–Crippen LogP) is 4.90. The van der Waals surface area contributed by atoms with Crippen LogP contribution in [0.5, 0.6) is 0 Å². The number of hydrogen-bond donors (Lipinski definition) is 2. The molecule has 34 heavy (non-hydrogen) atoms. The number of nitrogens with two attached hydrogens (primary N) is 1. The topological polar surface area (TPSA) is 101 Å². The third-order valence-electron chi connectivity index (χ3n) is 7.13. The Labute approximate surface area is 205 Å². The second-order valence-corrected chi connectivity index (χ2v) is 11.8. The summed E-state index contributed by atoms with van der Waals surface area (Å²) in [5.74, 6) is -0.357. The van der Waals surface area contributed by atoms with Crippen LogP contribution in [0.1, 0.15) is 54.6 Å². The number of fused-ring (bicyclic) bond motifs is 2. The van der Waals surface area contributed by atoms with Gasteiger partial charge in [0.25, 0.3) is 10.0 Å². The largest absolute Gasteiger partial charge is 0.390 e. The van der Waals surface area contributed by atoms with E-state index in [9.17, 15) is 18.3 Å². The molecule has 2 aromatic carbocycles. The highest BCUT2D eigenvalue weighted by molar-refractivity contribution is 7.95. The van der Waals surface area contributed by atoms with E-state index in [-0.39, 0.29) is 5.92 Å². The van der Waals surface area contributed by atoms with Crippen molar-refractivity contribution in [3.05, 3.63) is 69.6 Å². The van der Waals surface area contributed by atoms with Crippen molar-refractivity contribution in [2.45, 2.75) is 45.1 Å². The van der Waals surface area contributed by atoms with Crippen LogP contribution in [-0.4, -0.2) is 32.1 Å². The van der Waals surface area contributed by atoms with Crippen molar-refractivity contribution in [3.8, 4) is 11.1 Å². The zero-order valence-electron chi connectivity index (χ0n) is 19.6. The Morgan fingerprint density at radius 1 is 1.26 bits per heavy atom. The quantitative estimate of drug-likeness (QED) is 0.589. The molecule has 0 aromatic heterocycles. The third kappa shape index (κ3) is 4.06. The number of rotatable bonds is 6. The van der Waals surface area contributed by atoms with E-state index in [1.807, 2.05) is 26.0 Å². The molecule has 0 spiro atoms. The van der Waals surface area contributed by atoms with Crippen LogP contribution < -0.4 is 10.0 Å². The Morgan fingerprint density at radius 3 is 2.59 bits per heavy atom. The number of carbonyl (C=O) groups excluding carboxylic acids is 1. The molecule has 1 atom stereocenters. The third-order valence-corrected chi connectivity index (χ3v) is 8.91. The zero-order chi connectivity index (χ0) is 25.0. The molecule has 180 valence electrons. The molecule has 2 aliphatic rings. The van der Waals surface area contributed by atoms with Gasteiger partial charge in [-0.3, -0.25) is 9.10 Å². The Bertz CT molecular complexity index is 1340. The normalized spacial score (nSPS) is 17.9. The summed E-state index contributed by atoms with van der Waals surface area (Å²) in [5.41, 5.74) is 11.5. The van der Waals surface area contributed by atoms with Crippen LogP contribution in [-0.2, 0) is 16.4 Å².